The first-order valence-electron chi connectivity index (χ1n) is 5.07. The number of aromatic nitrogens is 1. The second kappa shape index (κ2) is 5.80. The van der Waals surface area contributed by atoms with E-state index in [-0.39, 0.29) is 11.1 Å². The third kappa shape index (κ3) is 3.54. The Labute approximate surface area is 108 Å². The van der Waals surface area contributed by atoms with Crippen LogP contribution < -0.4 is 0 Å². The van der Waals surface area contributed by atoms with Crippen LogP contribution in [0.3, 0.4) is 0 Å². The third-order valence-electron chi connectivity index (χ3n) is 2.12. The molecule has 0 amide bonds. The predicted octanol–water partition coefficient (Wildman–Crippen LogP) is 3.20. The number of hydrogen-bond acceptors (Lipinski definition) is 4. The zero-order chi connectivity index (χ0) is 12.1. The lowest BCUT2D eigenvalue weighted by molar-refractivity contribution is 0.0510. The van der Waals surface area contributed by atoms with E-state index in [0.29, 0.717) is 12.2 Å². The molecule has 17 heavy (non-hydrogen) atoms. The van der Waals surface area contributed by atoms with E-state index in [9.17, 15) is 4.79 Å². The fourth-order valence-corrected chi connectivity index (χ4v) is 2.18. The van der Waals surface area contributed by atoms with Gasteiger partial charge in [0.25, 0.3) is 0 Å². The number of hydrogen-bond donors (Lipinski definition) is 0. The monoisotopic (exact) mass is 267 g/mol. The molecule has 2 heterocycles. The molecule has 0 aliphatic carbocycles. The van der Waals surface area contributed by atoms with E-state index in [0.717, 1.165) is 6.42 Å². The SMILES string of the molecule is O=C(OCCc1cccs1)c1ccnc(Cl)c1. The van der Waals surface area contributed by atoms with Gasteiger partial charge in [-0.15, -0.1) is 11.3 Å². The molecule has 0 radical (unpaired) electrons. The van der Waals surface area contributed by atoms with Gasteiger partial charge in [-0.25, -0.2) is 9.78 Å². The highest BCUT2D eigenvalue weighted by molar-refractivity contribution is 7.09. The Hall–Kier alpha value is -1.39. The van der Waals surface area contributed by atoms with Crippen molar-refractivity contribution in [1.82, 2.24) is 4.98 Å². The van der Waals surface area contributed by atoms with Crippen molar-refractivity contribution in [2.24, 2.45) is 0 Å². The van der Waals surface area contributed by atoms with E-state index >= 15 is 0 Å². The van der Waals surface area contributed by atoms with Gasteiger partial charge in [-0.1, -0.05) is 17.7 Å². The first-order chi connectivity index (χ1) is 8.25. The number of thiophene rings is 1. The lowest BCUT2D eigenvalue weighted by Gasteiger charge is -2.03. The summed E-state index contributed by atoms with van der Waals surface area (Å²) >= 11 is 7.34. The van der Waals surface area contributed by atoms with E-state index in [2.05, 4.69) is 4.98 Å². The number of nitrogens with zero attached hydrogens (tertiary/aromatic N) is 1. The van der Waals surface area contributed by atoms with Gasteiger partial charge >= 0.3 is 5.97 Å². The molecule has 0 aliphatic heterocycles. The molecule has 0 atom stereocenters. The Balaban J connectivity index is 1.85. The largest absolute Gasteiger partial charge is 0.462 e. The molecule has 88 valence electrons. The van der Waals surface area contributed by atoms with Crippen LogP contribution in [0.15, 0.2) is 35.8 Å². The van der Waals surface area contributed by atoms with Gasteiger partial charge in [0.15, 0.2) is 0 Å². The summed E-state index contributed by atoms with van der Waals surface area (Å²) in [5.74, 6) is -0.370. The Kier molecular flexibility index (Phi) is 4.12. The molecule has 0 aromatic carbocycles. The van der Waals surface area contributed by atoms with Crippen LogP contribution >= 0.6 is 22.9 Å². The molecule has 2 aromatic rings. The molecule has 2 aromatic heterocycles. The van der Waals surface area contributed by atoms with Crippen molar-refractivity contribution in [3.8, 4) is 0 Å². The number of ether oxygens (including phenoxy) is 1. The van der Waals surface area contributed by atoms with E-state index in [1.807, 2.05) is 17.5 Å². The minimum atomic E-state index is -0.370. The summed E-state index contributed by atoms with van der Waals surface area (Å²) in [7, 11) is 0. The van der Waals surface area contributed by atoms with E-state index in [1.165, 1.54) is 17.1 Å². The summed E-state index contributed by atoms with van der Waals surface area (Å²) in [5.41, 5.74) is 0.427. The maximum absolute atomic E-state index is 11.6. The first kappa shape index (κ1) is 12.1. The van der Waals surface area contributed by atoms with Crippen molar-refractivity contribution in [1.29, 1.82) is 0 Å². The number of esters is 1. The predicted molar refractivity (Wildman–Crippen MR) is 67.6 cm³/mol. The van der Waals surface area contributed by atoms with Crippen molar-refractivity contribution in [2.45, 2.75) is 6.42 Å². The van der Waals surface area contributed by atoms with Crippen LogP contribution in [-0.4, -0.2) is 17.6 Å². The summed E-state index contributed by atoms with van der Waals surface area (Å²) in [6.07, 6.45) is 2.22. The normalized spacial score (nSPS) is 10.2. The molecular weight excluding hydrogens is 258 g/mol. The smallest absolute Gasteiger partial charge is 0.338 e. The van der Waals surface area contributed by atoms with Gasteiger partial charge in [-0.2, -0.15) is 0 Å². The van der Waals surface area contributed by atoms with Gasteiger partial charge in [0, 0.05) is 17.5 Å². The third-order valence-corrected chi connectivity index (χ3v) is 3.27. The van der Waals surface area contributed by atoms with Crippen LogP contribution in [0.5, 0.6) is 0 Å². The molecule has 0 unspecified atom stereocenters. The second-order valence-electron chi connectivity index (χ2n) is 3.33. The molecule has 0 N–H and O–H groups in total. The Morgan fingerprint density at radius 3 is 3.06 bits per heavy atom. The van der Waals surface area contributed by atoms with Crippen LogP contribution in [0.25, 0.3) is 0 Å². The number of rotatable bonds is 4. The molecule has 3 nitrogen and oxygen atoms in total. The molecule has 2 rings (SSSR count). The van der Waals surface area contributed by atoms with E-state index in [1.54, 1.807) is 17.4 Å². The summed E-state index contributed by atoms with van der Waals surface area (Å²) < 4.78 is 5.14. The van der Waals surface area contributed by atoms with Gasteiger partial charge in [-0.05, 0) is 23.6 Å². The van der Waals surface area contributed by atoms with E-state index in [4.69, 9.17) is 16.3 Å². The van der Waals surface area contributed by atoms with Crippen LogP contribution in [0.4, 0.5) is 0 Å². The molecule has 0 bridgehead atoms. The average molecular weight is 268 g/mol. The minimum absolute atomic E-state index is 0.290. The Morgan fingerprint density at radius 1 is 1.47 bits per heavy atom. The quantitative estimate of drug-likeness (QED) is 0.631. The highest BCUT2D eigenvalue weighted by Gasteiger charge is 2.07. The van der Waals surface area contributed by atoms with Crippen molar-refractivity contribution < 1.29 is 9.53 Å². The summed E-state index contributed by atoms with van der Waals surface area (Å²) in [5, 5.41) is 2.29. The number of carbonyl (C=O) groups excluding carboxylic acids is 1. The first-order valence-corrected chi connectivity index (χ1v) is 6.32. The van der Waals surface area contributed by atoms with Crippen molar-refractivity contribution >= 4 is 28.9 Å². The molecule has 0 saturated heterocycles. The number of pyridine rings is 1. The Bertz CT molecular complexity index is 499. The lowest BCUT2D eigenvalue weighted by atomic mass is 10.3. The van der Waals surface area contributed by atoms with Gasteiger partial charge in [-0.3, -0.25) is 0 Å². The van der Waals surface area contributed by atoms with Gasteiger partial charge < -0.3 is 4.74 Å². The minimum Gasteiger partial charge on any atom is -0.462 e. The standard InChI is InChI=1S/C12H10ClNO2S/c13-11-8-9(3-5-14-11)12(15)16-6-4-10-2-1-7-17-10/h1-3,5,7-8H,4,6H2. The van der Waals surface area contributed by atoms with Gasteiger partial charge in [0.2, 0.25) is 0 Å². The molecule has 0 spiro atoms. The summed E-state index contributed by atoms with van der Waals surface area (Å²) in [6, 6.07) is 7.07. The van der Waals surface area contributed by atoms with Crippen molar-refractivity contribution in [3.05, 3.63) is 51.4 Å². The van der Waals surface area contributed by atoms with Crippen LogP contribution in [-0.2, 0) is 11.2 Å². The zero-order valence-corrected chi connectivity index (χ0v) is 10.5. The summed E-state index contributed by atoms with van der Waals surface area (Å²) in [6.45, 7) is 0.374. The molecular formula is C12H10ClNO2S. The van der Waals surface area contributed by atoms with Crippen molar-refractivity contribution in [3.63, 3.8) is 0 Å². The van der Waals surface area contributed by atoms with Crippen molar-refractivity contribution in [2.75, 3.05) is 6.61 Å². The number of carbonyl (C=O) groups is 1. The molecule has 5 heteroatoms. The van der Waals surface area contributed by atoms with Gasteiger partial charge in [0.05, 0.1) is 12.2 Å². The summed E-state index contributed by atoms with van der Waals surface area (Å²) in [4.78, 5) is 16.6. The van der Waals surface area contributed by atoms with Gasteiger partial charge in [0.1, 0.15) is 5.15 Å². The molecule has 0 fully saturated rings. The highest BCUT2D eigenvalue weighted by Crippen LogP contribution is 2.11. The highest BCUT2D eigenvalue weighted by atomic mass is 35.5. The fraction of sp³-hybridized carbons (Fsp3) is 0.167. The van der Waals surface area contributed by atoms with Crippen LogP contribution in [0.2, 0.25) is 5.15 Å². The zero-order valence-electron chi connectivity index (χ0n) is 8.93. The van der Waals surface area contributed by atoms with E-state index < -0.39 is 0 Å². The molecule has 0 saturated carbocycles. The lowest BCUT2D eigenvalue weighted by Crippen LogP contribution is -2.07. The van der Waals surface area contributed by atoms with Crippen LogP contribution in [0, 0.1) is 0 Å². The molecule has 0 aliphatic rings. The fourth-order valence-electron chi connectivity index (χ4n) is 1.31. The second-order valence-corrected chi connectivity index (χ2v) is 4.75. The number of halogens is 1. The van der Waals surface area contributed by atoms with Crippen LogP contribution in [0.1, 0.15) is 15.2 Å². The maximum atomic E-state index is 11.6. The maximum Gasteiger partial charge on any atom is 0.338 e. The average Bonchev–Trinajstić information content (AvgIpc) is 2.82. The Morgan fingerprint density at radius 2 is 2.35 bits per heavy atom. The topological polar surface area (TPSA) is 39.2 Å².